The van der Waals surface area contributed by atoms with Crippen molar-refractivity contribution in [2.24, 2.45) is 5.92 Å². The molecule has 0 saturated heterocycles. The predicted octanol–water partition coefficient (Wildman–Crippen LogP) is 4.30. The highest BCUT2D eigenvalue weighted by atomic mass is 79.9. The number of halogens is 2. The van der Waals surface area contributed by atoms with Gasteiger partial charge in [-0.05, 0) is 68.3 Å². The quantitative estimate of drug-likeness (QED) is 0.854. The molecule has 3 heteroatoms. The molecule has 2 unspecified atom stereocenters. The van der Waals surface area contributed by atoms with E-state index >= 15 is 0 Å². The minimum Gasteiger partial charge on any atom is -0.314 e. The van der Waals surface area contributed by atoms with E-state index in [0.717, 1.165) is 23.0 Å². The summed E-state index contributed by atoms with van der Waals surface area (Å²) in [5.41, 5.74) is 1.11. The Morgan fingerprint density at radius 3 is 2.89 bits per heavy atom. The molecule has 1 aliphatic carbocycles. The molecular weight excluding hydrogens is 293 g/mol. The third kappa shape index (κ3) is 4.06. The smallest absolute Gasteiger partial charge is 0.124 e. The molecule has 18 heavy (non-hydrogen) atoms. The first-order chi connectivity index (χ1) is 8.67. The number of hydrogen-bond acceptors (Lipinski definition) is 1. The Balaban J connectivity index is 1.87. The van der Waals surface area contributed by atoms with Crippen LogP contribution in [-0.2, 0) is 6.42 Å². The van der Waals surface area contributed by atoms with Gasteiger partial charge >= 0.3 is 0 Å². The molecule has 0 spiro atoms. The maximum Gasteiger partial charge on any atom is 0.124 e. The number of nitrogens with one attached hydrogen (secondary N) is 1. The van der Waals surface area contributed by atoms with Crippen molar-refractivity contribution in [1.82, 2.24) is 5.32 Å². The van der Waals surface area contributed by atoms with E-state index in [4.69, 9.17) is 0 Å². The first kappa shape index (κ1) is 14.0. The highest BCUT2D eigenvalue weighted by Crippen LogP contribution is 2.29. The summed E-state index contributed by atoms with van der Waals surface area (Å²) in [6.45, 7) is 3.31. The molecule has 0 aliphatic heterocycles. The SMILES string of the molecule is CCCNC1CCC(Cc2cc(F)cc(Br)c2)C1. The first-order valence-electron chi connectivity index (χ1n) is 6.85. The molecule has 0 bridgehead atoms. The summed E-state index contributed by atoms with van der Waals surface area (Å²) < 4.78 is 14.1. The maximum atomic E-state index is 13.3. The van der Waals surface area contributed by atoms with Gasteiger partial charge in [0.05, 0.1) is 0 Å². The van der Waals surface area contributed by atoms with Gasteiger partial charge in [0.25, 0.3) is 0 Å². The number of hydrogen-bond donors (Lipinski definition) is 1. The van der Waals surface area contributed by atoms with E-state index in [-0.39, 0.29) is 5.82 Å². The molecule has 1 nitrogen and oxygen atoms in total. The van der Waals surface area contributed by atoms with Crippen LogP contribution in [0.2, 0.25) is 0 Å². The van der Waals surface area contributed by atoms with Crippen LogP contribution in [0, 0.1) is 11.7 Å². The van der Waals surface area contributed by atoms with Crippen LogP contribution in [0.25, 0.3) is 0 Å². The van der Waals surface area contributed by atoms with E-state index in [1.165, 1.54) is 31.7 Å². The lowest BCUT2D eigenvalue weighted by Crippen LogP contribution is -2.27. The summed E-state index contributed by atoms with van der Waals surface area (Å²) in [5, 5.41) is 3.59. The first-order valence-corrected chi connectivity index (χ1v) is 7.65. The van der Waals surface area contributed by atoms with Gasteiger partial charge in [-0.3, -0.25) is 0 Å². The van der Waals surface area contributed by atoms with Crippen LogP contribution in [0.1, 0.15) is 38.2 Å². The van der Waals surface area contributed by atoms with Gasteiger partial charge < -0.3 is 5.32 Å². The average molecular weight is 314 g/mol. The van der Waals surface area contributed by atoms with Crippen LogP contribution in [0.3, 0.4) is 0 Å². The second-order valence-corrected chi connectivity index (χ2v) is 6.23. The van der Waals surface area contributed by atoms with Gasteiger partial charge in [0.1, 0.15) is 5.82 Å². The summed E-state index contributed by atoms with van der Waals surface area (Å²) in [5.74, 6) is 0.561. The highest BCUT2D eigenvalue weighted by molar-refractivity contribution is 9.10. The molecule has 1 fully saturated rings. The van der Waals surface area contributed by atoms with Gasteiger partial charge in [-0.25, -0.2) is 4.39 Å². The Kier molecular flexibility index (Phi) is 5.19. The fourth-order valence-corrected chi connectivity index (χ4v) is 3.37. The van der Waals surface area contributed by atoms with Gasteiger partial charge in [-0.15, -0.1) is 0 Å². The van der Waals surface area contributed by atoms with Gasteiger partial charge in [-0.2, -0.15) is 0 Å². The van der Waals surface area contributed by atoms with Crippen molar-refractivity contribution in [3.05, 3.63) is 34.1 Å². The summed E-state index contributed by atoms with van der Waals surface area (Å²) >= 11 is 3.36. The lowest BCUT2D eigenvalue weighted by Gasteiger charge is -2.13. The Bertz CT molecular complexity index is 374. The molecule has 1 aromatic carbocycles. The van der Waals surface area contributed by atoms with Crippen LogP contribution in [0.5, 0.6) is 0 Å². The fourth-order valence-electron chi connectivity index (χ4n) is 2.86. The van der Waals surface area contributed by atoms with E-state index in [1.807, 2.05) is 6.07 Å². The van der Waals surface area contributed by atoms with Crippen molar-refractivity contribution in [1.29, 1.82) is 0 Å². The summed E-state index contributed by atoms with van der Waals surface area (Å²) in [7, 11) is 0. The molecule has 100 valence electrons. The van der Waals surface area contributed by atoms with E-state index in [2.05, 4.69) is 28.2 Å². The van der Waals surface area contributed by atoms with Gasteiger partial charge in [-0.1, -0.05) is 22.9 Å². The molecule has 2 rings (SSSR count). The Labute approximate surface area is 117 Å². The minimum absolute atomic E-state index is 0.141. The molecule has 0 amide bonds. The van der Waals surface area contributed by atoms with Crippen LogP contribution in [-0.4, -0.2) is 12.6 Å². The molecule has 0 radical (unpaired) electrons. The molecular formula is C15H21BrFN. The fraction of sp³-hybridized carbons (Fsp3) is 0.600. The molecule has 2 atom stereocenters. The molecule has 1 saturated carbocycles. The zero-order valence-electron chi connectivity index (χ0n) is 10.9. The van der Waals surface area contributed by atoms with Crippen LogP contribution >= 0.6 is 15.9 Å². The summed E-state index contributed by atoms with van der Waals surface area (Å²) in [4.78, 5) is 0. The zero-order chi connectivity index (χ0) is 13.0. The van der Waals surface area contributed by atoms with Crippen LogP contribution in [0.4, 0.5) is 4.39 Å². The van der Waals surface area contributed by atoms with E-state index in [1.54, 1.807) is 6.07 Å². The lowest BCUT2D eigenvalue weighted by molar-refractivity contribution is 0.483. The number of benzene rings is 1. The minimum atomic E-state index is -0.141. The summed E-state index contributed by atoms with van der Waals surface area (Å²) in [6, 6.07) is 5.89. The van der Waals surface area contributed by atoms with Crippen molar-refractivity contribution >= 4 is 15.9 Å². The predicted molar refractivity (Wildman–Crippen MR) is 77.2 cm³/mol. The molecule has 0 heterocycles. The monoisotopic (exact) mass is 313 g/mol. The Hall–Kier alpha value is -0.410. The third-order valence-corrected chi connectivity index (χ3v) is 4.13. The standard InChI is InChI=1S/C15H21BrFN/c1-2-5-18-15-4-3-11(9-15)6-12-7-13(16)10-14(17)8-12/h7-8,10-11,15,18H,2-6,9H2,1H3. The normalized spacial score (nSPS) is 23.5. The molecule has 0 aromatic heterocycles. The molecule has 1 aromatic rings. The van der Waals surface area contributed by atoms with E-state index in [0.29, 0.717) is 12.0 Å². The molecule has 1 N–H and O–H groups in total. The largest absolute Gasteiger partial charge is 0.314 e. The van der Waals surface area contributed by atoms with Crippen molar-refractivity contribution in [2.75, 3.05) is 6.54 Å². The van der Waals surface area contributed by atoms with Crippen LogP contribution < -0.4 is 5.32 Å². The van der Waals surface area contributed by atoms with Crippen molar-refractivity contribution in [2.45, 2.75) is 45.1 Å². The van der Waals surface area contributed by atoms with Gasteiger partial charge in [0.15, 0.2) is 0 Å². The Morgan fingerprint density at radius 1 is 1.33 bits per heavy atom. The summed E-state index contributed by atoms with van der Waals surface area (Å²) in [6.07, 6.45) is 5.95. The lowest BCUT2D eigenvalue weighted by atomic mass is 9.98. The van der Waals surface area contributed by atoms with Crippen molar-refractivity contribution in [3.63, 3.8) is 0 Å². The van der Waals surface area contributed by atoms with Gasteiger partial charge in [0.2, 0.25) is 0 Å². The second-order valence-electron chi connectivity index (χ2n) is 5.31. The highest BCUT2D eigenvalue weighted by Gasteiger charge is 2.24. The van der Waals surface area contributed by atoms with Gasteiger partial charge in [0, 0.05) is 10.5 Å². The number of rotatable bonds is 5. The third-order valence-electron chi connectivity index (χ3n) is 3.67. The topological polar surface area (TPSA) is 12.0 Å². The van der Waals surface area contributed by atoms with Crippen LogP contribution in [0.15, 0.2) is 22.7 Å². The van der Waals surface area contributed by atoms with E-state index in [9.17, 15) is 4.39 Å². The van der Waals surface area contributed by atoms with Crippen molar-refractivity contribution in [3.8, 4) is 0 Å². The average Bonchev–Trinajstić information content (AvgIpc) is 2.72. The van der Waals surface area contributed by atoms with Crippen molar-refractivity contribution < 1.29 is 4.39 Å². The molecule has 1 aliphatic rings. The zero-order valence-corrected chi connectivity index (χ0v) is 12.5. The maximum absolute atomic E-state index is 13.3. The second kappa shape index (κ2) is 6.67. The Morgan fingerprint density at radius 2 is 2.17 bits per heavy atom. The van der Waals surface area contributed by atoms with E-state index < -0.39 is 0 Å².